The molecule has 1 rings (SSSR count). The molecule has 7 heteroatoms. The fraction of sp³-hybridized carbons (Fsp3) is 0.625. The molecular formula is C8H14N4O3. The van der Waals surface area contributed by atoms with Crippen LogP contribution in [0, 0.1) is 10.1 Å². The van der Waals surface area contributed by atoms with Gasteiger partial charge in [0.2, 0.25) is 12.1 Å². The Hall–Kier alpha value is -1.63. The standard InChI is InChI=1S/C8H14N4O3/c1-6(3-4-13)10-8-7(12(14)15)9-5-11(8)2/h5-6,10,13H,3-4H2,1-2H3. The number of nitro groups is 1. The van der Waals surface area contributed by atoms with E-state index in [1.165, 1.54) is 6.33 Å². The van der Waals surface area contributed by atoms with Gasteiger partial charge in [0.05, 0.1) is 0 Å². The van der Waals surface area contributed by atoms with E-state index < -0.39 is 4.92 Å². The summed E-state index contributed by atoms with van der Waals surface area (Å²) in [4.78, 5) is 13.7. The van der Waals surface area contributed by atoms with E-state index in [4.69, 9.17) is 5.11 Å². The highest BCUT2D eigenvalue weighted by atomic mass is 16.6. The number of anilines is 1. The van der Waals surface area contributed by atoms with E-state index in [1.54, 1.807) is 11.6 Å². The van der Waals surface area contributed by atoms with Gasteiger partial charge in [-0.2, -0.15) is 0 Å². The van der Waals surface area contributed by atoms with Crippen LogP contribution in [0.3, 0.4) is 0 Å². The minimum absolute atomic E-state index is 0.0379. The van der Waals surface area contributed by atoms with Crippen LogP contribution in [0.2, 0.25) is 0 Å². The van der Waals surface area contributed by atoms with Crippen LogP contribution in [0.15, 0.2) is 6.33 Å². The number of aliphatic hydroxyl groups excluding tert-OH is 1. The van der Waals surface area contributed by atoms with Gasteiger partial charge < -0.3 is 20.5 Å². The van der Waals surface area contributed by atoms with Crippen molar-refractivity contribution in [3.05, 3.63) is 16.4 Å². The van der Waals surface area contributed by atoms with Crippen LogP contribution in [0.1, 0.15) is 13.3 Å². The van der Waals surface area contributed by atoms with Gasteiger partial charge in [0.1, 0.15) is 0 Å². The van der Waals surface area contributed by atoms with Gasteiger partial charge in [-0.3, -0.25) is 4.57 Å². The molecule has 84 valence electrons. The smallest absolute Gasteiger partial charge is 0.396 e. The van der Waals surface area contributed by atoms with Crippen LogP contribution in [0.5, 0.6) is 0 Å². The lowest BCUT2D eigenvalue weighted by atomic mass is 10.2. The van der Waals surface area contributed by atoms with E-state index in [0.29, 0.717) is 12.2 Å². The number of nitrogens with one attached hydrogen (secondary N) is 1. The minimum Gasteiger partial charge on any atom is -0.396 e. The van der Waals surface area contributed by atoms with E-state index in [0.717, 1.165) is 0 Å². The summed E-state index contributed by atoms with van der Waals surface area (Å²) in [7, 11) is 1.67. The van der Waals surface area contributed by atoms with Crippen molar-refractivity contribution in [3.8, 4) is 0 Å². The molecule has 0 aliphatic carbocycles. The SMILES string of the molecule is CC(CCO)Nc1c([N+](=O)[O-])ncn1C. The van der Waals surface area contributed by atoms with Gasteiger partial charge >= 0.3 is 5.82 Å². The first kappa shape index (κ1) is 11.4. The second-order valence-electron chi connectivity index (χ2n) is 3.34. The van der Waals surface area contributed by atoms with E-state index in [9.17, 15) is 10.1 Å². The van der Waals surface area contributed by atoms with Crippen LogP contribution in [0.25, 0.3) is 0 Å². The molecule has 0 saturated heterocycles. The Kier molecular flexibility index (Phi) is 3.62. The highest BCUT2D eigenvalue weighted by Gasteiger charge is 2.20. The van der Waals surface area contributed by atoms with Gasteiger partial charge in [-0.05, 0) is 23.3 Å². The summed E-state index contributed by atoms with van der Waals surface area (Å²) in [6.07, 6.45) is 1.91. The largest absolute Gasteiger partial charge is 0.406 e. The predicted molar refractivity (Wildman–Crippen MR) is 54.6 cm³/mol. The quantitative estimate of drug-likeness (QED) is 0.550. The van der Waals surface area contributed by atoms with Crippen LogP contribution < -0.4 is 5.32 Å². The Morgan fingerprint density at radius 1 is 1.80 bits per heavy atom. The Morgan fingerprint density at radius 3 is 3.00 bits per heavy atom. The predicted octanol–water partition coefficient (Wildman–Crippen LogP) is 0.511. The third-order valence-corrected chi connectivity index (χ3v) is 2.04. The summed E-state index contributed by atoms with van der Waals surface area (Å²) in [5.41, 5.74) is 0. The molecule has 1 aromatic heterocycles. The summed E-state index contributed by atoms with van der Waals surface area (Å²) in [6.45, 7) is 1.88. The highest BCUT2D eigenvalue weighted by molar-refractivity contribution is 5.52. The molecule has 0 aliphatic rings. The van der Waals surface area contributed by atoms with E-state index in [-0.39, 0.29) is 18.5 Å². The third-order valence-electron chi connectivity index (χ3n) is 2.04. The molecule has 1 heterocycles. The fourth-order valence-corrected chi connectivity index (χ4v) is 1.22. The Balaban J connectivity index is 2.83. The molecule has 1 unspecified atom stereocenters. The van der Waals surface area contributed by atoms with Crippen molar-refractivity contribution in [2.75, 3.05) is 11.9 Å². The molecule has 15 heavy (non-hydrogen) atoms. The van der Waals surface area contributed by atoms with Crippen molar-refractivity contribution in [2.45, 2.75) is 19.4 Å². The number of imidazole rings is 1. The maximum atomic E-state index is 10.6. The van der Waals surface area contributed by atoms with E-state index in [1.807, 2.05) is 6.92 Å². The number of rotatable bonds is 5. The maximum Gasteiger partial charge on any atom is 0.406 e. The first-order valence-corrected chi connectivity index (χ1v) is 4.59. The molecule has 0 amide bonds. The molecule has 0 bridgehead atoms. The maximum absolute atomic E-state index is 10.6. The van der Waals surface area contributed by atoms with Crippen molar-refractivity contribution in [2.24, 2.45) is 7.05 Å². The van der Waals surface area contributed by atoms with Gasteiger partial charge in [0.15, 0.2) is 0 Å². The number of aromatic nitrogens is 2. The topological polar surface area (TPSA) is 93.2 Å². The number of aryl methyl sites for hydroxylation is 1. The van der Waals surface area contributed by atoms with Gasteiger partial charge in [0, 0.05) is 19.7 Å². The molecule has 2 N–H and O–H groups in total. The monoisotopic (exact) mass is 214 g/mol. The number of aliphatic hydroxyl groups is 1. The molecule has 1 aromatic rings. The average molecular weight is 214 g/mol. The first-order chi connectivity index (χ1) is 7.06. The van der Waals surface area contributed by atoms with Crippen LogP contribution >= 0.6 is 0 Å². The molecule has 0 aliphatic heterocycles. The molecule has 1 atom stereocenters. The second-order valence-corrected chi connectivity index (χ2v) is 3.34. The average Bonchev–Trinajstić information content (AvgIpc) is 2.48. The zero-order valence-electron chi connectivity index (χ0n) is 8.67. The van der Waals surface area contributed by atoms with Gasteiger partial charge in [-0.25, -0.2) is 0 Å². The van der Waals surface area contributed by atoms with Crippen molar-refractivity contribution in [1.29, 1.82) is 0 Å². The highest BCUT2D eigenvalue weighted by Crippen LogP contribution is 2.22. The number of hydrogen-bond donors (Lipinski definition) is 2. The lowest BCUT2D eigenvalue weighted by Crippen LogP contribution is -2.19. The van der Waals surface area contributed by atoms with Gasteiger partial charge in [-0.15, -0.1) is 0 Å². The minimum atomic E-state index is -0.534. The summed E-state index contributed by atoms with van der Waals surface area (Å²) in [5, 5.41) is 22.3. The van der Waals surface area contributed by atoms with Crippen LogP contribution in [0.4, 0.5) is 11.6 Å². The normalized spacial score (nSPS) is 12.5. The van der Waals surface area contributed by atoms with Crippen molar-refractivity contribution in [3.63, 3.8) is 0 Å². The number of nitrogens with zero attached hydrogens (tertiary/aromatic N) is 3. The summed E-state index contributed by atoms with van der Waals surface area (Å²) >= 11 is 0. The Labute approximate surface area is 86.9 Å². The zero-order valence-corrected chi connectivity index (χ0v) is 8.67. The summed E-state index contributed by atoms with van der Waals surface area (Å²) < 4.78 is 1.55. The second kappa shape index (κ2) is 4.74. The van der Waals surface area contributed by atoms with E-state index >= 15 is 0 Å². The summed E-state index contributed by atoms with van der Waals surface area (Å²) in [6, 6.07) is -0.0379. The fourth-order valence-electron chi connectivity index (χ4n) is 1.22. The number of hydrogen-bond acceptors (Lipinski definition) is 5. The molecule has 7 nitrogen and oxygen atoms in total. The zero-order chi connectivity index (χ0) is 11.4. The Bertz CT molecular complexity index is 350. The van der Waals surface area contributed by atoms with E-state index in [2.05, 4.69) is 10.3 Å². The van der Waals surface area contributed by atoms with Crippen molar-refractivity contribution in [1.82, 2.24) is 9.55 Å². The lowest BCUT2D eigenvalue weighted by molar-refractivity contribution is -0.388. The molecule has 0 saturated carbocycles. The molecule has 0 fully saturated rings. The summed E-state index contributed by atoms with van der Waals surface area (Å²) in [5.74, 6) is 0.170. The molecule has 0 spiro atoms. The first-order valence-electron chi connectivity index (χ1n) is 4.59. The van der Waals surface area contributed by atoms with Crippen molar-refractivity contribution < 1.29 is 10.0 Å². The third kappa shape index (κ3) is 2.66. The Morgan fingerprint density at radius 2 is 2.47 bits per heavy atom. The lowest BCUT2D eigenvalue weighted by Gasteiger charge is -2.12. The van der Waals surface area contributed by atoms with Crippen LogP contribution in [-0.2, 0) is 7.05 Å². The van der Waals surface area contributed by atoms with Gasteiger partial charge in [0.25, 0.3) is 0 Å². The molecular weight excluding hydrogens is 200 g/mol. The van der Waals surface area contributed by atoms with Crippen molar-refractivity contribution >= 4 is 11.6 Å². The molecule has 0 radical (unpaired) electrons. The van der Waals surface area contributed by atoms with Gasteiger partial charge in [-0.1, -0.05) is 0 Å². The molecule has 0 aromatic carbocycles. The van der Waals surface area contributed by atoms with Crippen LogP contribution in [-0.4, -0.2) is 32.2 Å².